The zero-order valence-electron chi connectivity index (χ0n) is 14.4. The van der Waals surface area contributed by atoms with Crippen LogP contribution in [-0.2, 0) is 6.42 Å². The maximum atomic E-state index is 12.1. The lowest BCUT2D eigenvalue weighted by atomic mass is 10.0. The molecule has 0 spiro atoms. The minimum absolute atomic E-state index is 0.0938. The first kappa shape index (κ1) is 18.5. The van der Waals surface area contributed by atoms with Crippen LogP contribution in [0.15, 0.2) is 66.7 Å². The first-order valence-corrected chi connectivity index (χ1v) is 8.81. The monoisotopic (exact) mass is 376 g/mol. The number of phenolic OH excluding ortho intramolecular Hbond substituents is 1. The molecule has 27 heavy (non-hydrogen) atoms. The summed E-state index contributed by atoms with van der Waals surface area (Å²) in [5.74, 6) is -0.451. The Morgan fingerprint density at radius 3 is 2.26 bits per heavy atom. The van der Waals surface area contributed by atoms with E-state index in [9.17, 15) is 9.90 Å². The van der Waals surface area contributed by atoms with Crippen LogP contribution < -0.4 is 5.32 Å². The molecule has 3 rings (SSSR count). The Morgan fingerprint density at radius 1 is 1.00 bits per heavy atom. The predicted octanol–water partition coefficient (Wildman–Crippen LogP) is 4.56. The molecule has 2 N–H and O–H groups in total. The van der Waals surface area contributed by atoms with Gasteiger partial charge in [-0.15, -0.1) is 0 Å². The summed E-state index contributed by atoms with van der Waals surface area (Å²) in [7, 11) is 0. The number of benzene rings is 3. The highest BCUT2D eigenvalue weighted by Gasteiger charge is 2.11. The van der Waals surface area contributed by atoms with Gasteiger partial charge in [-0.2, -0.15) is 5.26 Å². The van der Waals surface area contributed by atoms with Gasteiger partial charge < -0.3 is 10.4 Å². The van der Waals surface area contributed by atoms with Crippen LogP contribution in [0.4, 0.5) is 0 Å². The average molecular weight is 377 g/mol. The lowest BCUT2D eigenvalue weighted by molar-refractivity contribution is 0.0951. The normalized spacial score (nSPS) is 10.2. The number of aromatic hydroxyl groups is 1. The molecule has 0 atom stereocenters. The number of hydrogen-bond donors (Lipinski definition) is 2. The third kappa shape index (κ3) is 4.66. The fourth-order valence-corrected chi connectivity index (χ4v) is 2.88. The zero-order chi connectivity index (χ0) is 19.2. The number of phenols is 1. The van der Waals surface area contributed by atoms with E-state index < -0.39 is 0 Å². The summed E-state index contributed by atoms with van der Waals surface area (Å²) >= 11 is 5.87. The van der Waals surface area contributed by atoms with Crippen LogP contribution in [0.1, 0.15) is 21.5 Å². The van der Waals surface area contributed by atoms with Gasteiger partial charge in [0.25, 0.3) is 5.91 Å². The molecular formula is C22H17ClN2O2. The smallest absolute Gasteiger partial charge is 0.255 e. The van der Waals surface area contributed by atoms with Crippen molar-refractivity contribution in [2.24, 2.45) is 0 Å². The summed E-state index contributed by atoms with van der Waals surface area (Å²) in [5, 5.41) is 21.8. The largest absolute Gasteiger partial charge is 0.507 e. The van der Waals surface area contributed by atoms with Crippen molar-refractivity contribution in [2.75, 3.05) is 6.54 Å². The first-order chi connectivity index (χ1) is 13.1. The second-order valence-electron chi connectivity index (χ2n) is 6.05. The van der Waals surface area contributed by atoms with Crippen molar-refractivity contribution < 1.29 is 9.90 Å². The molecule has 3 aromatic carbocycles. The summed E-state index contributed by atoms with van der Waals surface area (Å²) in [6.07, 6.45) is 0.667. The van der Waals surface area contributed by atoms with Gasteiger partial charge in [0.1, 0.15) is 5.75 Å². The van der Waals surface area contributed by atoms with E-state index in [1.165, 1.54) is 18.2 Å². The Kier molecular flexibility index (Phi) is 5.75. The number of carbonyl (C=O) groups excluding carboxylic acids is 1. The maximum absolute atomic E-state index is 12.1. The van der Waals surface area contributed by atoms with E-state index in [1.807, 2.05) is 36.4 Å². The Labute approximate surface area is 162 Å². The number of nitrogens with one attached hydrogen (secondary N) is 1. The number of nitrogens with zero attached hydrogens (tertiary/aromatic N) is 1. The van der Waals surface area contributed by atoms with Crippen molar-refractivity contribution in [3.05, 3.63) is 88.4 Å². The van der Waals surface area contributed by atoms with Gasteiger partial charge in [-0.05, 0) is 53.4 Å². The van der Waals surface area contributed by atoms with Crippen LogP contribution >= 0.6 is 11.6 Å². The van der Waals surface area contributed by atoms with Crippen molar-refractivity contribution in [1.29, 1.82) is 5.26 Å². The second-order valence-corrected chi connectivity index (χ2v) is 6.49. The van der Waals surface area contributed by atoms with Gasteiger partial charge in [0.2, 0.25) is 0 Å². The maximum Gasteiger partial charge on any atom is 0.255 e. The molecule has 0 saturated carbocycles. The minimum Gasteiger partial charge on any atom is -0.507 e. The van der Waals surface area contributed by atoms with Crippen LogP contribution in [0.25, 0.3) is 11.1 Å². The SMILES string of the molecule is N#Cc1ccc(-c2ccc(CCNC(=O)c3cc(Cl)ccc3O)cc2)cc1. The molecule has 3 aromatic rings. The summed E-state index contributed by atoms with van der Waals surface area (Å²) in [6.45, 7) is 0.445. The summed E-state index contributed by atoms with van der Waals surface area (Å²) in [6, 6.07) is 22.0. The molecule has 134 valence electrons. The van der Waals surface area contributed by atoms with Gasteiger partial charge >= 0.3 is 0 Å². The number of nitriles is 1. The quantitative estimate of drug-likeness (QED) is 0.685. The average Bonchev–Trinajstić information content (AvgIpc) is 2.70. The van der Waals surface area contributed by atoms with Gasteiger partial charge in [-0.25, -0.2) is 0 Å². The topological polar surface area (TPSA) is 73.1 Å². The molecule has 0 aliphatic carbocycles. The van der Waals surface area contributed by atoms with Crippen molar-refractivity contribution in [2.45, 2.75) is 6.42 Å². The number of carbonyl (C=O) groups is 1. The minimum atomic E-state index is -0.357. The molecule has 0 radical (unpaired) electrons. The summed E-state index contributed by atoms with van der Waals surface area (Å²) in [5.41, 5.74) is 4.00. The third-order valence-corrected chi connectivity index (χ3v) is 4.44. The second kappa shape index (κ2) is 8.39. The fraction of sp³-hybridized carbons (Fsp3) is 0.0909. The molecule has 0 heterocycles. The van der Waals surface area contributed by atoms with E-state index in [2.05, 4.69) is 11.4 Å². The molecule has 0 aliphatic heterocycles. The Morgan fingerprint density at radius 2 is 1.63 bits per heavy atom. The first-order valence-electron chi connectivity index (χ1n) is 8.43. The van der Waals surface area contributed by atoms with E-state index in [0.29, 0.717) is 23.6 Å². The van der Waals surface area contributed by atoms with Gasteiger partial charge in [-0.1, -0.05) is 48.0 Å². The Bertz CT molecular complexity index is 990. The molecule has 0 unspecified atom stereocenters. The summed E-state index contributed by atoms with van der Waals surface area (Å²) in [4.78, 5) is 12.1. The molecule has 0 saturated heterocycles. The molecule has 0 aliphatic rings. The highest BCUT2D eigenvalue weighted by molar-refractivity contribution is 6.31. The van der Waals surface area contributed by atoms with Gasteiger partial charge in [0.15, 0.2) is 0 Å². The predicted molar refractivity (Wildman–Crippen MR) is 106 cm³/mol. The standard InChI is InChI=1S/C22H17ClN2O2/c23-19-9-10-21(26)20(13-19)22(27)25-12-11-15-1-5-17(6-2-15)18-7-3-16(14-24)4-8-18/h1-10,13,26H,11-12H2,(H,25,27). The molecule has 0 aromatic heterocycles. The number of hydrogen-bond acceptors (Lipinski definition) is 3. The molecule has 5 heteroatoms. The fourth-order valence-electron chi connectivity index (χ4n) is 2.71. The van der Waals surface area contributed by atoms with E-state index >= 15 is 0 Å². The van der Waals surface area contributed by atoms with E-state index in [0.717, 1.165) is 16.7 Å². The highest BCUT2D eigenvalue weighted by Crippen LogP contribution is 2.22. The molecular weight excluding hydrogens is 360 g/mol. The van der Waals surface area contributed by atoms with Crippen molar-refractivity contribution in [3.63, 3.8) is 0 Å². The van der Waals surface area contributed by atoms with Crippen LogP contribution in [0.2, 0.25) is 5.02 Å². The number of amides is 1. The third-order valence-electron chi connectivity index (χ3n) is 4.20. The lowest BCUT2D eigenvalue weighted by Crippen LogP contribution is -2.25. The number of halogens is 1. The van der Waals surface area contributed by atoms with Crippen LogP contribution in [0.5, 0.6) is 5.75 Å². The van der Waals surface area contributed by atoms with Gasteiger partial charge in [0, 0.05) is 11.6 Å². The molecule has 1 amide bonds. The van der Waals surface area contributed by atoms with Crippen LogP contribution in [0.3, 0.4) is 0 Å². The Balaban J connectivity index is 1.58. The van der Waals surface area contributed by atoms with Gasteiger partial charge in [0.05, 0.1) is 17.2 Å². The van der Waals surface area contributed by atoms with Gasteiger partial charge in [-0.3, -0.25) is 4.79 Å². The molecule has 0 bridgehead atoms. The molecule has 0 fully saturated rings. The van der Waals surface area contributed by atoms with Crippen molar-refractivity contribution in [3.8, 4) is 22.9 Å². The lowest BCUT2D eigenvalue weighted by Gasteiger charge is -2.08. The molecule has 4 nitrogen and oxygen atoms in total. The van der Waals surface area contributed by atoms with E-state index in [1.54, 1.807) is 12.1 Å². The Hall–Kier alpha value is -3.29. The van der Waals surface area contributed by atoms with Crippen molar-refractivity contribution >= 4 is 17.5 Å². The van der Waals surface area contributed by atoms with Crippen LogP contribution in [0, 0.1) is 11.3 Å². The van der Waals surface area contributed by atoms with Crippen molar-refractivity contribution in [1.82, 2.24) is 5.32 Å². The van der Waals surface area contributed by atoms with Crippen LogP contribution in [-0.4, -0.2) is 17.6 Å². The highest BCUT2D eigenvalue weighted by atomic mass is 35.5. The van der Waals surface area contributed by atoms with E-state index in [-0.39, 0.29) is 17.2 Å². The summed E-state index contributed by atoms with van der Waals surface area (Å²) < 4.78 is 0. The van der Waals surface area contributed by atoms with E-state index in [4.69, 9.17) is 16.9 Å². The zero-order valence-corrected chi connectivity index (χ0v) is 15.2. The number of rotatable bonds is 5.